The van der Waals surface area contributed by atoms with Crippen LogP contribution in [0.3, 0.4) is 0 Å². The minimum Gasteiger partial charge on any atom is -0.495 e. The number of ether oxygens (including phenoxy) is 1. The molecule has 0 spiro atoms. The van der Waals surface area contributed by atoms with Crippen LogP contribution in [-0.4, -0.2) is 37.6 Å². The quantitative estimate of drug-likeness (QED) is 0.223. The van der Waals surface area contributed by atoms with Gasteiger partial charge >= 0.3 is 0 Å². The van der Waals surface area contributed by atoms with Crippen LogP contribution >= 0.6 is 0 Å². The van der Waals surface area contributed by atoms with E-state index in [0.29, 0.717) is 16.8 Å². The third-order valence-electron chi connectivity index (χ3n) is 5.95. The van der Waals surface area contributed by atoms with Crippen molar-refractivity contribution >= 4 is 33.0 Å². The number of aromatic nitrogens is 1. The SMILES string of the molecule is COc1ccc([N+](=O)[O-])cc1N(Cc1ccc(C(=O)Nc2ccc(Cc3ccncc3)cc2)cc1)S(C)(=O)=O. The number of pyridine rings is 1. The van der Waals surface area contributed by atoms with Crippen molar-refractivity contribution in [2.45, 2.75) is 13.0 Å². The van der Waals surface area contributed by atoms with Gasteiger partial charge in [-0.05, 0) is 65.6 Å². The second-order valence-corrected chi connectivity index (χ2v) is 10.7. The number of sulfonamides is 1. The molecular weight excluding hydrogens is 520 g/mol. The minimum atomic E-state index is -3.83. The Labute approximate surface area is 226 Å². The summed E-state index contributed by atoms with van der Waals surface area (Å²) in [6.45, 7) is -0.114. The molecule has 0 saturated carbocycles. The number of carbonyl (C=O) groups excluding carboxylic acids is 1. The minimum absolute atomic E-state index is 0.0448. The molecule has 0 radical (unpaired) electrons. The lowest BCUT2D eigenvalue weighted by molar-refractivity contribution is -0.384. The van der Waals surface area contributed by atoms with Crippen LogP contribution in [0.15, 0.2) is 91.3 Å². The number of non-ortho nitro benzene ring substituents is 1. The van der Waals surface area contributed by atoms with Crippen LogP contribution in [0.5, 0.6) is 5.75 Å². The molecule has 4 aromatic rings. The van der Waals surface area contributed by atoms with E-state index in [2.05, 4.69) is 10.3 Å². The molecule has 3 aromatic carbocycles. The molecule has 10 nitrogen and oxygen atoms in total. The summed E-state index contributed by atoms with van der Waals surface area (Å²) >= 11 is 0. The maximum absolute atomic E-state index is 12.8. The Hall–Kier alpha value is -4.77. The monoisotopic (exact) mass is 546 g/mol. The first-order valence-corrected chi connectivity index (χ1v) is 13.7. The summed E-state index contributed by atoms with van der Waals surface area (Å²) in [7, 11) is -2.48. The van der Waals surface area contributed by atoms with Gasteiger partial charge in [-0.2, -0.15) is 0 Å². The summed E-state index contributed by atoms with van der Waals surface area (Å²) in [6.07, 6.45) is 5.26. The van der Waals surface area contributed by atoms with Gasteiger partial charge in [0, 0.05) is 35.8 Å². The van der Waals surface area contributed by atoms with E-state index in [1.54, 1.807) is 36.7 Å². The molecule has 0 bridgehead atoms. The zero-order valence-corrected chi connectivity index (χ0v) is 22.1. The number of hydrogen-bond donors (Lipinski definition) is 1. The van der Waals surface area contributed by atoms with Crippen LogP contribution in [0.2, 0.25) is 0 Å². The summed E-state index contributed by atoms with van der Waals surface area (Å²) in [5, 5.41) is 14.1. The van der Waals surface area contributed by atoms with Crippen molar-refractivity contribution in [2.24, 2.45) is 0 Å². The van der Waals surface area contributed by atoms with Gasteiger partial charge in [0.25, 0.3) is 11.6 Å². The standard InChI is InChI=1S/C28H26N4O6S/c1-38-27-12-11-25(32(34)35)18-26(27)31(39(2,36)37)19-22-3-7-23(8-4-22)28(33)30-24-9-5-20(6-10-24)17-21-13-15-29-16-14-21/h3-16,18H,17,19H2,1-2H3,(H,30,33). The van der Waals surface area contributed by atoms with E-state index < -0.39 is 14.9 Å². The van der Waals surface area contributed by atoms with Gasteiger partial charge in [-0.3, -0.25) is 24.2 Å². The van der Waals surface area contributed by atoms with E-state index in [9.17, 15) is 23.3 Å². The van der Waals surface area contributed by atoms with Crippen LogP contribution in [0.4, 0.5) is 17.1 Å². The number of nitro benzene ring substituents is 1. The van der Waals surface area contributed by atoms with Crippen molar-refractivity contribution in [3.8, 4) is 5.75 Å². The number of rotatable bonds is 10. The van der Waals surface area contributed by atoms with Gasteiger partial charge in [-0.25, -0.2) is 8.42 Å². The maximum Gasteiger partial charge on any atom is 0.271 e. The number of carbonyl (C=O) groups is 1. The molecule has 0 aliphatic rings. The summed E-state index contributed by atoms with van der Waals surface area (Å²) in [5.74, 6) is -0.141. The number of benzene rings is 3. The Bertz CT molecular complexity index is 1580. The molecule has 1 aromatic heterocycles. The highest BCUT2D eigenvalue weighted by molar-refractivity contribution is 7.92. The molecule has 200 valence electrons. The maximum atomic E-state index is 12.8. The highest BCUT2D eigenvalue weighted by Gasteiger charge is 2.24. The first kappa shape index (κ1) is 27.3. The number of methoxy groups -OCH3 is 1. The van der Waals surface area contributed by atoms with Gasteiger partial charge in [-0.1, -0.05) is 24.3 Å². The molecule has 0 saturated heterocycles. The average molecular weight is 547 g/mol. The van der Waals surface area contributed by atoms with Crippen molar-refractivity contribution in [2.75, 3.05) is 23.0 Å². The van der Waals surface area contributed by atoms with E-state index in [0.717, 1.165) is 34.2 Å². The normalized spacial score (nSPS) is 11.0. The number of amides is 1. The lowest BCUT2D eigenvalue weighted by Gasteiger charge is -2.24. The fraction of sp³-hybridized carbons (Fsp3) is 0.143. The molecule has 11 heteroatoms. The summed E-state index contributed by atoms with van der Waals surface area (Å²) in [5.41, 5.74) is 3.62. The Balaban J connectivity index is 1.47. The smallest absolute Gasteiger partial charge is 0.271 e. The van der Waals surface area contributed by atoms with Crippen LogP contribution in [0.25, 0.3) is 0 Å². The molecule has 0 atom stereocenters. The van der Waals surface area contributed by atoms with Gasteiger partial charge in [0.15, 0.2) is 0 Å². The van der Waals surface area contributed by atoms with E-state index in [-0.39, 0.29) is 29.6 Å². The third kappa shape index (κ3) is 6.96. The van der Waals surface area contributed by atoms with Crippen molar-refractivity contribution < 1.29 is 22.9 Å². The topological polar surface area (TPSA) is 132 Å². The lowest BCUT2D eigenvalue weighted by atomic mass is 10.1. The predicted molar refractivity (Wildman–Crippen MR) is 149 cm³/mol. The molecular formula is C28H26N4O6S. The Morgan fingerprint density at radius 1 is 0.949 bits per heavy atom. The summed E-state index contributed by atoms with van der Waals surface area (Å²) in [4.78, 5) is 27.5. The second-order valence-electron chi connectivity index (χ2n) is 8.76. The Morgan fingerprint density at radius 3 is 2.15 bits per heavy atom. The molecule has 1 N–H and O–H groups in total. The van der Waals surface area contributed by atoms with Crippen molar-refractivity contribution in [1.29, 1.82) is 0 Å². The first-order chi connectivity index (χ1) is 18.6. The van der Waals surface area contributed by atoms with Gasteiger partial charge < -0.3 is 10.1 Å². The van der Waals surface area contributed by atoms with E-state index in [1.165, 1.54) is 19.2 Å². The molecule has 0 aliphatic heterocycles. The molecule has 0 fully saturated rings. The fourth-order valence-electron chi connectivity index (χ4n) is 3.94. The van der Waals surface area contributed by atoms with E-state index >= 15 is 0 Å². The highest BCUT2D eigenvalue weighted by Crippen LogP contribution is 2.34. The number of hydrogen-bond acceptors (Lipinski definition) is 7. The molecule has 0 aliphatic carbocycles. The summed E-state index contributed by atoms with van der Waals surface area (Å²) in [6, 6.07) is 21.7. The number of nitrogens with one attached hydrogen (secondary N) is 1. The summed E-state index contributed by atoms with van der Waals surface area (Å²) < 4.78 is 31.5. The van der Waals surface area contributed by atoms with Crippen molar-refractivity contribution in [1.82, 2.24) is 4.98 Å². The van der Waals surface area contributed by atoms with Gasteiger partial charge in [-0.15, -0.1) is 0 Å². The van der Waals surface area contributed by atoms with Crippen LogP contribution in [-0.2, 0) is 23.0 Å². The Kier molecular flexibility index (Phi) is 8.21. The second kappa shape index (κ2) is 11.7. The van der Waals surface area contributed by atoms with Gasteiger partial charge in [0.05, 0.1) is 24.8 Å². The third-order valence-corrected chi connectivity index (χ3v) is 7.08. The van der Waals surface area contributed by atoms with Crippen LogP contribution < -0.4 is 14.4 Å². The Morgan fingerprint density at radius 2 is 1.56 bits per heavy atom. The van der Waals surface area contributed by atoms with Crippen LogP contribution in [0.1, 0.15) is 27.0 Å². The molecule has 0 unspecified atom stereocenters. The number of anilines is 2. The lowest BCUT2D eigenvalue weighted by Crippen LogP contribution is -2.29. The van der Waals surface area contributed by atoms with Gasteiger partial charge in [0.1, 0.15) is 11.4 Å². The largest absolute Gasteiger partial charge is 0.495 e. The zero-order valence-electron chi connectivity index (χ0n) is 21.3. The van der Waals surface area contributed by atoms with Gasteiger partial charge in [0.2, 0.25) is 10.0 Å². The van der Waals surface area contributed by atoms with Crippen molar-refractivity contribution in [3.63, 3.8) is 0 Å². The molecule has 1 amide bonds. The molecule has 39 heavy (non-hydrogen) atoms. The molecule has 4 rings (SSSR count). The zero-order chi connectivity index (χ0) is 28.0. The fourth-order valence-corrected chi connectivity index (χ4v) is 4.82. The molecule has 1 heterocycles. The van der Waals surface area contributed by atoms with Crippen LogP contribution in [0, 0.1) is 10.1 Å². The van der Waals surface area contributed by atoms with E-state index in [1.807, 2.05) is 36.4 Å². The van der Waals surface area contributed by atoms with E-state index in [4.69, 9.17) is 4.74 Å². The number of nitrogens with zero attached hydrogens (tertiary/aromatic N) is 3. The average Bonchev–Trinajstić information content (AvgIpc) is 2.92. The number of nitro groups is 1. The highest BCUT2D eigenvalue weighted by atomic mass is 32.2. The van der Waals surface area contributed by atoms with Crippen molar-refractivity contribution in [3.05, 3.63) is 124 Å². The predicted octanol–water partition coefficient (Wildman–Crippen LogP) is 4.81. The first-order valence-electron chi connectivity index (χ1n) is 11.8.